The molecular weight excluding hydrogens is 744 g/mol. The fourth-order valence-corrected chi connectivity index (χ4v) is 9.55. The van der Waals surface area contributed by atoms with E-state index >= 15 is 0 Å². The molecule has 0 atom stereocenters. The SMILES string of the molecule is Cc1cc(C)c(CC2=C[C+](Cl)C(=C(c3ccc(Cc4c(C)cc(C)c(S(=O)(=O)O)c4C)cc3)c3ccc(S(=O)(=O)O)cc3S(=O)(=O)O)C=C2)c(C)c1. The number of hydrogen-bond acceptors (Lipinski definition) is 6. The largest absolute Gasteiger partial charge is 0.296 e. The van der Waals surface area contributed by atoms with Crippen molar-refractivity contribution in [3.63, 3.8) is 0 Å². The summed E-state index contributed by atoms with van der Waals surface area (Å²) in [6.45, 7) is 11.2. The van der Waals surface area contributed by atoms with Gasteiger partial charge in [0, 0.05) is 41.3 Å². The second kappa shape index (κ2) is 14.4. The minimum atomic E-state index is -5.04. The first-order valence-electron chi connectivity index (χ1n) is 16.0. The second-order valence-electron chi connectivity index (χ2n) is 13.1. The van der Waals surface area contributed by atoms with E-state index in [2.05, 4.69) is 12.1 Å². The number of allylic oxidation sites excluding steroid dienone is 5. The Labute approximate surface area is 310 Å². The molecule has 272 valence electrons. The quantitative estimate of drug-likeness (QED) is 0.112. The molecule has 5 rings (SSSR count). The summed E-state index contributed by atoms with van der Waals surface area (Å²) in [6, 6.07) is 15.8. The first-order valence-corrected chi connectivity index (χ1v) is 20.7. The van der Waals surface area contributed by atoms with Gasteiger partial charge < -0.3 is 0 Å². The van der Waals surface area contributed by atoms with Crippen LogP contribution >= 0.6 is 11.6 Å². The molecule has 0 radical (unpaired) electrons. The maximum Gasteiger partial charge on any atom is 0.296 e. The lowest BCUT2D eigenvalue weighted by Gasteiger charge is -2.17. The van der Waals surface area contributed by atoms with E-state index in [9.17, 15) is 38.9 Å². The third kappa shape index (κ3) is 8.29. The van der Waals surface area contributed by atoms with Crippen molar-refractivity contribution in [2.24, 2.45) is 0 Å². The fraction of sp³-hybridized carbons (Fsp3) is 0.205. The average molecular weight is 782 g/mol. The van der Waals surface area contributed by atoms with Gasteiger partial charge in [-0.25, -0.2) is 0 Å². The fourth-order valence-electron chi connectivity index (χ4n) is 6.97. The lowest BCUT2D eigenvalue weighted by molar-refractivity contribution is 0.478. The van der Waals surface area contributed by atoms with Gasteiger partial charge in [-0.1, -0.05) is 35.9 Å². The number of rotatable bonds is 9. The summed E-state index contributed by atoms with van der Waals surface area (Å²) in [7, 11) is -14.3. The minimum Gasteiger partial charge on any atom is -0.282 e. The molecule has 0 spiro atoms. The maximum absolute atomic E-state index is 12.7. The average Bonchev–Trinajstić information content (AvgIpc) is 3.01. The normalized spacial score (nSPS) is 14.8. The van der Waals surface area contributed by atoms with Crippen LogP contribution in [-0.2, 0) is 43.2 Å². The summed E-state index contributed by atoms with van der Waals surface area (Å²) in [4.78, 5) is -1.62. The molecule has 13 heteroatoms. The smallest absolute Gasteiger partial charge is 0.282 e. The van der Waals surface area contributed by atoms with E-state index in [4.69, 9.17) is 11.6 Å². The molecule has 0 saturated carbocycles. The van der Waals surface area contributed by atoms with Crippen LogP contribution in [0.2, 0.25) is 0 Å². The summed E-state index contributed by atoms with van der Waals surface area (Å²) in [5.41, 5.74) is 9.66. The van der Waals surface area contributed by atoms with Crippen molar-refractivity contribution in [1.29, 1.82) is 0 Å². The third-order valence-corrected chi connectivity index (χ3v) is 12.5. The lowest BCUT2D eigenvalue weighted by Crippen LogP contribution is -2.10. The summed E-state index contributed by atoms with van der Waals surface area (Å²) in [6.07, 6.45) is 6.27. The van der Waals surface area contributed by atoms with Crippen molar-refractivity contribution < 1.29 is 38.9 Å². The minimum absolute atomic E-state index is 0.0643. The molecule has 0 bridgehead atoms. The van der Waals surface area contributed by atoms with Crippen LogP contribution in [0.3, 0.4) is 0 Å². The van der Waals surface area contributed by atoms with Crippen LogP contribution in [-0.4, -0.2) is 38.9 Å². The molecule has 0 saturated heterocycles. The zero-order valence-corrected chi connectivity index (χ0v) is 32.5. The van der Waals surface area contributed by atoms with E-state index in [0.29, 0.717) is 46.7 Å². The molecule has 1 aliphatic rings. The second-order valence-corrected chi connectivity index (χ2v) is 17.7. The summed E-state index contributed by atoms with van der Waals surface area (Å²) < 4.78 is 104. The third-order valence-electron chi connectivity index (χ3n) is 9.26. The van der Waals surface area contributed by atoms with Gasteiger partial charge in [0.1, 0.15) is 15.8 Å². The van der Waals surface area contributed by atoms with E-state index in [0.717, 1.165) is 45.0 Å². The molecule has 0 aliphatic heterocycles. The molecule has 4 aromatic carbocycles. The molecule has 9 nitrogen and oxygen atoms in total. The van der Waals surface area contributed by atoms with Crippen LogP contribution in [0.15, 0.2) is 105 Å². The van der Waals surface area contributed by atoms with E-state index in [1.54, 1.807) is 56.3 Å². The van der Waals surface area contributed by atoms with Crippen molar-refractivity contribution in [2.45, 2.75) is 69.1 Å². The van der Waals surface area contributed by atoms with Crippen molar-refractivity contribution in [1.82, 2.24) is 0 Å². The van der Waals surface area contributed by atoms with E-state index in [1.807, 2.05) is 33.8 Å². The van der Waals surface area contributed by atoms with E-state index < -0.39 is 40.1 Å². The predicted octanol–water partition coefficient (Wildman–Crippen LogP) is 8.18. The van der Waals surface area contributed by atoms with Gasteiger partial charge in [0.2, 0.25) is 0 Å². The zero-order valence-electron chi connectivity index (χ0n) is 29.3. The Morgan fingerprint density at radius 3 is 1.79 bits per heavy atom. The Bertz CT molecular complexity index is 2520. The predicted molar refractivity (Wildman–Crippen MR) is 202 cm³/mol. The Morgan fingerprint density at radius 2 is 1.25 bits per heavy atom. The molecule has 1 aliphatic carbocycles. The summed E-state index contributed by atoms with van der Waals surface area (Å²) >= 11 is 6.97. The van der Waals surface area contributed by atoms with E-state index in [-0.39, 0.29) is 21.4 Å². The number of hydrogen-bond donors (Lipinski definition) is 3. The van der Waals surface area contributed by atoms with Gasteiger partial charge >= 0.3 is 0 Å². The number of aryl methyl sites for hydroxylation is 5. The van der Waals surface area contributed by atoms with Gasteiger partial charge in [-0.15, -0.1) is 0 Å². The number of halogens is 1. The van der Waals surface area contributed by atoms with Crippen LogP contribution < -0.4 is 0 Å². The molecule has 0 aromatic heterocycles. The van der Waals surface area contributed by atoms with Gasteiger partial charge in [-0.3, -0.25) is 13.7 Å². The van der Waals surface area contributed by atoms with Crippen LogP contribution in [0.1, 0.15) is 61.2 Å². The molecule has 0 heterocycles. The molecule has 3 N–H and O–H groups in total. The van der Waals surface area contributed by atoms with Crippen molar-refractivity contribution >= 4 is 47.5 Å². The highest BCUT2D eigenvalue weighted by atomic mass is 35.5. The van der Waals surface area contributed by atoms with Crippen LogP contribution in [0.5, 0.6) is 0 Å². The summed E-state index contributed by atoms with van der Waals surface area (Å²) in [5, 5.41) is 0.266. The van der Waals surface area contributed by atoms with Crippen LogP contribution in [0.25, 0.3) is 5.57 Å². The molecule has 0 amide bonds. The van der Waals surface area contributed by atoms with Gasteiger partial charge in [0.15, 0.2) is 0 Å². The molecule has 0 unspecified atom stereocenters. The molecule has 52 heavy (non-hydrogen) atoms. The molecule has 0 fully saturated rings. The van der Waals surface area contributed by atoms with Gasteiger partial charge in [-0.05, 0) is 134 Å². The van der Waals surface area contributed by atoms with Gasteiger partial charge in [-0.2, -0.15) is 25.3 Å². The van der Waals surface area contributed by atoms with Gasteiger partial charge in [0.25, 0.3) is 30.4 Å². The molecule has 4 aromatic rings. The topological polar surface area (TPSA) is 163 Å². The summed E-state index contributed by atoms with van der Waals surface area (Å²) in [5.74, 6) is 0. The Hall–Kier alpha value is -4.01. The highest BCUT2D eigenvalue weighted by Crippen LogP contribution is 2.41. The van der Waals surface area contributed by atoms with Crippen molar-refractivity contribution in [3.8, 4) is 0 Å². The number of benzene rings is 4. The Balaban J connectivity index is 1.66. The van der Waals surface area contributed by atoms with Crippen LogP contribution in [0.4, 0.5) is 0 Å². The zero-order chi connectivity index (χ0) is 38.5. The first kappa shape index (κ1) is 39.2. The highest BCUT2D eigenvalue weighted by molar-refractivity contribution is 7.86. The maximum atomic E-state index is 12.7. The van der Waals surface area contributed by atoms with Crippen LogP contribution in [0, 0.1) is 46.9 Å². The van der Waals surface area contributed by atoms with Crippen molar-refractivity contribution in [2.75, 3.05) is 0 Å². The standard InChI is InChI=1S/C39H37ClO9S3/c1-22-15-23(2)34(24(3)16-22)19-29-9-13-32(36(40)20-29)38(33-14-12-31(50(41,42)43)21-37(33)51(44,45)46)30-10-7-28(8-11-30)18-35-25(4)17-26(5)39(27(35)6)52(47,48)49/h7-17,20-21H,18-19H2,1-6H3,(H2-,41,42,43,44,45,46,47,48,49)/p+1. The van der Waals surface area contributed by atoms with Crippen molar-refractivity contribution in [3.05, 3.63) is 157 Å². The lowest BCUT2D eigenvalue weighted by atomic mass is 9.86. The molecular formula is C39H38ClO9S3+. The Morgan fingerprint density at radius 1 is 0.654 bits per heavy atom. The highest BCUT2D eigenvalue weighted by Gasteiger charge is 2.32. The monoisotopic (exact) mass is 781 g/mol. The van der Waals surface area contributed by atoms with E-state index in [1.165, 1.54) is 6.07 Å². The van der Waals surface area contributed by atoms with Gasteiger partial charge in [0.05, 0.1) is 15.4 Å². The Kier molecular flexibility index (Phi) is 10.9. The first-order chi connectivity index (χ1) is 24.1.